The zero-order valence-corrected chi connectivity index (χ0v) is 15.9. The van der Waals surface area contributed by atoms with E-state index in [1.165, 1.54) is 6.08 Å². The zero-order chi connectivity index (χ0) is 19.2. The third kappa shape index (κ3) is 4.95. The highest BCUT2D eigenvalue weighted by Gasteiger charge is 2.18. The lowest BCUT2D eigenvalue weighted by molar-refractivity contribution is -0.114. The van der Waals surface area contributed by atoms with E-state index in [1.54, 1.807) is 9.58 Å². The van der Waals surface area contributed by atoms with E-state index in [0.717, 1.165) is 25.1 Å². The summed E-state index contributed by atoms with van der Waals surface area (Å²) in [5, 5.41) is 8.27. The van der Waals surface area contributed by atoms with Crippen LogP contribution in [0.3, 0.4) is 0 Å². The van der Waals surface area contributed by atoms with Crippen LogP contribution in [-0.2, 0) is 16.1 Å². The average molecular weight is 370 g/mol. The summed E-state index contributed by atoms with van der Waals surface area (Å²) in [6, 6.07) is 7.68. The quantitative estimate of drug-likeness (QED) is 0.668. The maximum atomic E-state index is 12.4. The Kier molecular flexibility index (Phi) is 6.24. The van der Waals surface area contributed by atoms with Gasteiger partial charge in [-0.2, -0.15) is 0 Å². The van der Waals surface area contributed by atoms with Gasteiger partial charge in [-0.05, 0) is 44.9 Å². The highest BCUT2D eigenvalue weighted by atomic mass is 16.5. The summed E-state index contributed by atoms with van der Waals surface area (Å²) in [5.41, 5.74) is 1.44. The molecule has 1 amide bonds. The molecule has 2 aromatic rings. The molecule has 2 heterocycles. The number of anilines is 1. The summed E-state index contributed by atoms with van der Waals surface area (Å²) in [7, 11) is 0. The SMILES string of the molecule is C=CC(=O)N(Cc1cn(C(C)C)nn1)c1cccc(OCC2CCCO2)c1. The van der Waals surface area contributed by atoms with E-state index in [4.69, 9.17) is 9.47 Å². The zero-order valence-electron chi connectivity index (χ0n) is 15.9. The van der Waals surface area contributed by atoms with Crippen molar-refractivity contribution in [3.05, 3.63) is 48.8 Å². The van der Waals surface area contributed by atoms with Crippen molar-refractivity contribution < 1.29 is 14.3 Å². The Bertz CT molecular complexity index is 781. The lowest BCUT2D eigenvalue weighted by Crippen LogP contribution is -2.28. The molecule has 0 saturated carbocycles. The van der Waals surface area contributed by atoms with Crippen LogP contribution >= 0.6 is 0 Å². The number of hydrogen-bond donors (Lipinski definition) is 0. The highest BCUT2D eigenvalue weighted by molar-refractivity contribution is 6.01. The van der Waals surface area contributed by atoms with Gasteiger partial charge in [0.15, 0.2) is 0 Å². The third-order valence-electron chi connectivity index (χ3n) is 4.44. The molecule has 1 atom stereocenters. The number of aromatic nitrogens is 3. The van der Waals surface area contributed by atoms with Crippen LogP contribution in [0.25, 0.3) is 0 Å². The van der Waals surface area contributed by atoms with Gasteiger partial charge in [0, 0.05) is 24.4 Å². The Labute approximate surface area is 159 Å². The van der Waals surface area contributed by atoms with Gasteiger partial charge in [0.2, 0.25) is 0 Å². The predicted molar refractivity (Wildman–Crippen MR) is 103 cm³/mol. The lowest BCUT2D eigenvalue weighted by Gasteiger charge is -2.21. The van der Waals surface area contributed by atoms with Gasteiger partial charge in [0.05, 0.1) is 18.8 Å². The van der Waals surface area contributed by atoms with Gasteiger partial charge in [-0.1, -0.05) is 17.9 Å². The molecule has 0 aliphatic carbocycles. The van der Waals surface area contributed by atoms with Crippen LogP contribution in [0.1, 0.15) is 38.4 Å². The second-order valence-electron chi connectivity index (χ2n) is 6.86. The van der Waals surface area contributed by atoms with E-state index >= 15 is 0 Å². The number of hydrogen-bond acceptors (Lipinski definition) is 5. The van der Waals surface area contributed by atoms with Crippen LogP contribution in [0.4, 0.5) is 5.69 Å². The molecule has 0 N–H and O–H groups in total. The standard InChI is InChI=1S/C20H26N4O3/c1-4-20(25)23(12-16-13-24(15(2)3)22-21-16)17-7-5-8-18(11-17)27-14-19-9-6-10-26-19/h4-5,7-8,11,13,15,19H,1,6,9-10,12,14H2,2-3H3. The lowest BCUT2D eigenvalue weighted by atomic mass is 10.2. The first kappa shape index (κ1) is 19.1. The molecule has 27 heavy (non-hydrogen) atoms. The van der Waals surface area contributed by atoms with Gasteiger partial charge in [0.1, 0.15) is 18.1 Å². The summed E-state index contributed by atoms with van der Waals surface area (Å²) in [4.78, 5) is 14.0. The highest BCUT2D eigenvalue weighted by Crippen LogP contribution is 2.24. The Balaban J connectivity index is 1.74. The van der Waals surface area contributed by atoms with Crippen molar-refractivity contribution in [1.29, 1.82) is 0 Å². The molecule has 1 aliphatic rings. The Hall–Kier alpha value is -2.67. The van der Waals surface area contributed by atoms with Gasteiger partial charge in [-0.25, -0.2) is 4.68 Å². The van der Waals surface area contributed by atoms with Crippen molar-refractivity contribution in [2.75, 3.05) is 18.1 Å². The van der Waals surface area contributed by atoms with E-state index in [-0.39, 0.29) is 18.1 Å². The van der Waals surface area contributed by atoms with Crippen molar-refractivity contribution in [2.45, 2.75) is 45.4 Å². The maximum absolute atomic E-state index is 12.4. The number of amides is 1. The molecule has 0 bridgehead atoms. The first-order valence-electron chi connectivity index (χ1n) is 9.26. The van der Waals surface area contributed by atoms with Crippen LogP contribution in [0, 0.1) is 0 Å². The monoisotopic (exact) mass is 370 g/mol. The molecule has 1 unspecified atom stereocenters. The fourth-order valence-electron chi connectivity index (χ4n) is 2.91. The summed E-state index contributed by atoms with van der Waals surface area (Å²) in [6.45, 7) is 9.29. The normalized spacial score (nSPS) is 16.5. The van der Waals surface area contributed by atoms with Crippen molar-refractivity contribution in [3.8, 4) is 5.75 Å². The molecule has 7 nitrogen and oxygen atoms in total. The molecule has 1 aromatic heterocycles. The molecule has 144 valence electrons. The molecule has 0 spiro atoms. The maximum Gasteiger partial charge on any atom is 0.250 e. The van der Waals surface area contributed by atoms with E-state index in [2.05, 4.69) is 16.9 Å². The Morgan fingerprint density at radius 1 is 1.52 bits per heavy atom. The van der Waals surface area contributed by atoms with Crippen molar-refractivity contribution in [3.63, 3.8) is 0 Å². The van der Waals surface area contributed by atoms with Crippen LogP contribution in [0.15, 0.2) is 43.1 Å². The van der Waals surface area contributed by atoms with Crippen LogP contribution in [-0.4, -0.2) is 40.2 Å². The first-order valence-corrected chi connectivity index (χ1v) is 9.26. The topological polar surface area (TPSA) is 69.5 Å². The minimum Gasteiger partial charge on any atom is -0.491 e. The second-order valence-corrected chi connectivity index (χ2v) is 6.86. The summed E-state index contributed by atoms with van der Waals surface area (Å²) in [5.74, 6) is 0.501. The number of ether oxygens (including phenoxy) is 2. The van der Waals surface area contributed by atoms with Gasteiger partial charge in [0.25, 0.3) is 5.91 Å². The molecule has 3 rings (SSSR count). The molecular weight excluding hydrogens is 344 g/mol. The largest absolute Gasteiger partial charge is 0.491 e. The number of rotatable bonds is 8. The molecule has 0 radical (unpaired) electrons. The molecule has 1 saturated heterocycles. The first-order chi connectivity index (χ1) is 13.1. The summed E-state index contributed by atoms with van der Waals surface area (Å²) < 4.78 is 13.2. The fourth-order valence-corrected chi connectivity index (χ4v) is 2.91. The van der Waals surface area contributed by atoms with Gasteiger partial charge in [-0.15, -0.1) is 5.10 Å². The molecular formula is C20H26N4O3. The van der Waals surface area contributed by atoms with E-state index in [9.17, 15) is 4.79 Å². The third-order valence-corrected chi connectivity index (χ3v) is 4.44. The van der Waals surface area contributed by atoms with Crippen molar-refractivity contribution in [2.24, 2.45) is 0 Å². The van der Waals surface area contributed by atoms with E-state index in [1.807, 2.05) is 44.3 Å². The fraction of sp³-hybridized carbons (Fsp3) is 0.450. The number of nitrogens with zero attached hydrogens (tertiary/aromatic N) is 4. The van der Waals surface area contributed by atoms with Gasteiger partial charge in [-0.3, -0.25) is 4.79 Å². The Morgan fingerprint density at radius 2 is 2.37 bits per heavy atom. The molecule has 1 aliphatic heterocycles. The van der Waals surface area contributed by atoms with Crippen LogP contribution < -0.4 is 9.64 Å². The number of carbonyl (C=O) groups excluding carboxylic acids is 1. The minimum absolute atomic E-state index is 0.144. The Morgan fingerprint density at radius 3 is 3.04 bits per heavy atom. The van der Waals surface area contributed by atoms with Gasteiger partial charge < -0.3 is 14.4 Å². The minimum atomic E-state index is -0.203. The van der Waals surface area contributed by atoms with Crippen molar-refractivity contribution in [1.82, 2.24) is 15.0 Å². The van der Waals surface area contributed by atoms with Crippen LogP contribution in [0.5, 0.6) is 5.75 Å². The molecule has 1 fully saturated rings. The summed E-state index contributed by atoms with van der Waals surface area (Å²) in [6.07, 6.45) is 5.39. The number of carbonyl (C=O) groups is 1. The van der Waals surface area contributed by atoms with E-state index < -0.39 is 0 Å². The average Bonchev–Trinajstić information content (AvgIpc) is 3.36. The van der Waals surface area contributed by atoms with Crippen molar-refractivity contribution >= 4 is 11.6 Å². The molecule has 7 heteroatoms. The van der Waals surface area contributed by atoms with Gasteiger partial charge >= 0.3 is 0 Å². The second kappa shape index (κ2) is 8.81. The van der Waals surface area contributed by atoms with E-state index in [0.29, 0.717) is 24.6 Å². The van der Waals surface area contributed by atoms with Crippen LogP contribution in [0.2, 0.25) is 0 Å². The summed E-state index contributed by atoms with van der Waals surface area (Å²) >= 11 is 0. The number of benzene rings is 1. The smallest absolute Gasteiger partial charge is 0.250 e. The molecule has 1 aromatic carbocycles. The predicted octanol–water partition coefficient (Wildman–Crippen LogP) is 3.14.